The number of nitrogens with zero attached hydrogens (tertiary/aromatic N) is 1. The van der Waals surface area contributed by atoms with Crippen LogP contribution in [0.25, 0.3) is 0 Å². The van der Waals surface area contributed by atoms with Crippen molar-refractivity contribution in [2.24, 2.45) is 4.99 Å². The smallest absolute Gasteiger partial charge is 0.0691 e. The maximum absolute atomic E-state index is 5.37. The number of rotatable bonds is 6. The van der Waals surface area contributed by atoms with Crippen molar-refractivity contribution in [2.45, 2.75) is 33.4 Å². The molecule has 1 atom stereocenters. The van der Waals surface area contributed by atoms with Gasteiger partial charge in [0.05, 0.1) is 11.4 Å². The van der Waals surface area contributed by atoms with Crippen molar-refractivity contribution in [3.8, 4) is 0 Å². The third kappa shape index (κ3) is 4.90. The van der Waals surface area contributed by atoms with Gasteiger partial charge in [-0.1, -0.05) is 116 Å². The maximum Gasteiger partial charge on any atom is 0.0691 e. The monoisotopic (exact) mass is 435 g/mol. The summed E-state index contributed by atoms with van der Waals surface area (Å²) >= 11 is 0. The molecule has 0 radical (unpaired) electrons. The number of hydrogen-bond donors (Lipinski definition) is 0. The molecule has 1 unspecified atom stereocenters. The fourth-order valence-electron chi connectivity index (χ4n) is 4.37. The standard InChI is InChI=1S/C30H30NP/c1-22-20-23(2)29(24(3)21-22)31-30(26-14-8-5-9-15-26)25(4)32(27-16-10-6-11-17-27)28-18-12-7-13-19-28/h5-21,25H,1-4H3. The third-order valence-electron chi connectivity index (χ3n) is 5.79. The van der Waals surface area contributed by atoms with Crippen molar-refractivity contribution in [3.63, 3.8) is 0 Å². The Morgan fingerprint density at radius 3 is 1.56 bits per heavy atom. The first-order valence-corrected chi connectivity index (χ1v) is 12.6. The van der Waals surface area contributed by atoms with E-state index in [1.807, 2.05) is 0 Å². The van der Waals surface area contributed by atoms with Gasteiger partial charge in [0, 0.05) is 5.66 Å². The summed E-state index contributed by atoms with van der Waals surface area (Å²) in [6, 6.07) is 37.0. The van der Waals surface area contributed by atoms with Gasteiger partial charge in [-0.2, -0.15) is 0 Å². The normalized spacial score (nSPS) is 12.7. The van der Waals surface area contributed by atoms with Gasteiger partial charge in [0.1, 0.15) is 0 Å². The minimum atomic E-state index is -0.628. The molecule has 0 aromatic heterocycles. The van der Waals surface area contributed by atoms with Crippen molar-refractivity contribution in [1.82, 2.24) is 0 Å². The van der Waals surface area contributed by atoms with E-state index in [-0.39, 0.29) is 5.66 Å². The molecule has 160 valence electrons. The number of aryl methyl sites for hydroxylation is 3. The highest BCUT2D eigenvalue weighted by atomic mass is 31.1. The summed E-state index contributed by atoms with van der Waals surface area (Å²) < 4.78 is 0. The van der Waals surface area contributed by atoms with E-state index in [9.17, 15) is 0 Å². The van der Waals surface area contributed by atoms with Crippen molar-refractivity contribution >= 4 is 29.9 Å². The predicted molar refractivity (Wildman–Crippen MR) is 142 cm³/mol. The Morgan fingerprint density at radius 1 is 0.656 bits per heavy atom. The number of hydrogen-bond acceptors (Lipinski definition) is 1. The van der Waals surface area contributed by atoms with Crippen molar-refractivity contribution < 1.29 is 0 Å². The molecule has 0 aliphatic carbocycles. The first-order valence-electron chi connectivity index (χ1n) is 11.2. The van der Waals surface area contributed by atoms with E-state index >= 15 is 0 Å². The van der Waals surface area contributed by atoms with E-state index < -0.39 is 7.92 Å². The van der Waals surface area contributed by atoms with Crippen LogP contribution in [0, 0.1) is 20.8 Å². The molecule has 4 aromatic rings. The Balaban J connectivity index is 1.91. The van der Waals surface area contributed by atoms with Crippen LogP contribution >= 0.6 is 7.92 Å². The zero-order chi connectivity index (χ0) is 22.5. The molecule has 0 heterocycles. The molecule has 0 aliphatic heterocycles. The van der Waals surface area contributed by atoms with Crippen LogP contribution < -0.4 is 10.6 Å². The van der Waals surface area contributed by atoms with Gasteiger partial charge in [-0.05, 0) is 56.0 Å². The second-order valence-electron chi connectivity index (χ2n) is 8.33. The summed E-state index contributed by atoms with van der Waals surface area (Å²) in [6.45, 7) is 8.83. The molecule has 1 nitrogen and oxygen atoms in total. The SMILES string of the molecule is Cc1cc(C)c(N=C(c2ccccc2)C(C)P(c2ccccc2)c2ccccc2)c(C)c1. The van der Waals surface area contributed by atoms with Crippen LogP contribution in [-0.4, -0.2) is 11.4 Å². The van der Waals surface area contributed by atoms with E-state index in [4.69, 9.17) is 4.99 Å². The van der Waals surface area contributed by atoms with E-state index in [0.717, 1.165) is 11.4 Å². The third-order valence-corrected chi connectivity index (χ3v) is 8.52. The van der Waals surface area contributed by atoms with E-state index in [1.165, 1.54) is 32.9 Å². The van der Waals surface area contributed by atoms with Gasteiger partial charge in [-0.15, -0.1) is 0 Å². The summed E-state index contributed by atoms with van der Waals surface area (Å²) in [5.74, 6) is 0. The Hall–Kier alpha value is -3.02. The summed E-state index contributed by atoms with van der Waals surface area (Å²) in [5.41, 5.74) is 7.43. The molecule has 0 aliphatic rings. The molecule has 0 saturated carbocycles. The summed E-state index contributed by atoms with van der Waals surface area (Å²) in [6.07, 6.45) is 0. The highest BCUT2D eigenvalue weighted by molar-refractivity contribution is 7.74. The minimum Gasteiger partial charge on any atom is -0.252 e. The molecule has 0 fully saturated rings. The first kappa shape index (κ1) is 22.2. The second-order valence-corrected chi connectivity index (χ2v) is 10.9. The van der Waals surface area contributed by atoms with Gasteiger partial charge in [-0.25, -0.2) is 0 Å². The maximum atomic E-state index is 5.37. The fraction of sp³-hybridized carbons (Fsp3) is 0.167. The lowest BCUT2D eigenvalue weighted by atomic mass is 10.0. The molecule has 4 rings (SSSR count). The lowest BCUT2D eigenvalue weighted by Gasteiger charge is -2.27. The second kappa shape index (κ2) is 10.1. The number of benzene rings is 4. The Kier molecular flexibility index (Phi) is 6.98. The Labute approximate surface area is 193 Å². The zero-order valence-electron chi connectivity index (χ0n) is 19.3. The molecular formula is C30H30NP. The van der Waals surface area contributed by atoms with Gasteiger partial charge in [0.15, 0.2) is 0 Å². The zero-order valence-corrected chi connectivity index (χ0v) is 20.2. The van der Waals surface area contributed by atoms with Crippen LogP contribution in [0.2, 0.25) is 0 Å². The molecule has 0 spiro atoms. The van der Waals surface area contributed by atoms with Crippen LogP contribution in [0.3, 0.4) is 0 Å². The van der Waals surface area contributed by atoms with E-state index in [0.29, 0.717) is 0 Å². The van der Waals surface area contributed by atoms with Crippen molar-refractivity contribution in [1.29, 1.82) is 0 Å². The molecule has 0 amide bonds. The summed E-state index contributed by atoms with van der Waals surface area (Å²) in [7, 11) is -0.628. The molecule has 32 heavy (non-hydrogen) atoms. The average molecular weight is 436 g/mol. The fourth-order valence-corrected chi connectivity index (χ4v) is 7.00. The van der Waals surface area contributed by atoms with E-state index in [1.54, 1.807) is 0 Å². The van der Waals surface area contributed by atoms with Gasteiger partial charge in [0.25, 0.3) is 0 Å². The van der Waals surface area contributed by atoms with Crippen LogP contribution in [0.5, 0.6) is 0 Å². The highest BCUT2D eigenvalue weighted by Crippen LogP contribution is 2.42. The lowest BCUT2D eigenvalue weighted by molar-refractivity contribution is 1.23. The number of aliphatic imine (C=N–C) groups is 1. The van der Waals surface area contributed by atoms with Crippen molar-refractivity contribution in [2.75, 3.05) is 0 Å². The first-order chi connectivity index (χ1) is 15.5. The molecular weight excluding hydrogens is 405 g/mol. The van der Waals surface area contributed by atoms with Crippen LogP contribution in [0.4, 0.5) is 5.69 Å². The van der Waals surface area contributed by atoms with Gasteiger partial charge in [0.2, 0.25) is 0 Å². The Bertz CT molecular complexity index is 1140. The highest BCUT2D eigenvalue weighted by Gasteiger charge is 2.26. The largest absolute Gasteiger partial charge is 0.252 e. The Morgan fingerprint density at radius 2 is 1.09 bits per heavy atom. The minimum absolute atomic E-state index is 0.248. The van der Waals surface area contributed by atoms with Gasteiger partial charge in [-0.3, -0.25) is 4.99 Å². The predicted octanol–water partition coefficient (Wildman–Crippen LogP) is 7.25. The van der Waals surface area contributed by atoms with Crippen molar-refractivity contribution in [3.05, 3.63) is 125 Å². The van der Waals surface area contributed by atoms with E-state index in [2.05, 4.69) is 131 Å². The van der Waals surface area contributed by atoms with Crippen LogP contribution in [-0.2, 0) is 0 Å². The van der Waals surface area contributed by atoms with Crippen LogP contribution in [0.1, 0.15) is 29.2 Å². The molecule has 0 bridgehead atoms. The summed E-state index contributed by atoms with van der Waals surface area (Å²) in [4.78, 5) is 5.37. The average Bonchev–Trinajstić information content (AvgIpc) is 2.81. The molecule has 4 aromatic carbocycles. The van der Waals surface area contributed by atoms with Crippen LogP contribution in [0.15, 0.2) is 108 Å². The summed E-state index contributed by atoms with van der Waals surface area (Å²) in [5, 5.41) is 2.75. The quantitative estimate of drug-likeness (QED) is 0.223. The topological polar surface area (TPSA) is 12.4 Å². The van der Waals surface area contributed by atoms with Gasteiger partial charge < -0.3 is 0 Å². The molecule has 2 heteroatoms. The molecule has 0 saturated heterocycles. The molecule has 0 N–H and O–H groups in total. The lowest BCUT2D eigenvalue weighted by Crippen LogP contribution is -2.27. The van der Waals surface area contributed by atoms with Gasteiger partial charge >= 0.3 is 0 Å².